The van der Waals surface area contributed by atoms with Crippen LogP contribution < -0.4 is 4.90 Å². The molecule has 2 heterocycles. The molecule has 104 valence electrons. The third kappa shape index (κ3) is 2.60. The molecule has 2 nitrogen and oxygen atoms in total. The normalized spacial score (nSPS) is 17.9. The van der Waals surface area contributed by atoms with E-state index < -0.39 is 0 Å². The largest absolute Gasteiger partial charge is 0.361 e. The van der Waals surface area contributed by atoms with Gasteiger partial charge in [-0.15, -0.1) is 11.3 Å². The van der Waals surface area contributed by atoms with Crippen molar-refractivity contribution in [3.05, 3.63) is 51.2 Å². The van der Waals surface area contributed by atoms with E-state index >= 15 is 0 Å². The number of hydrogen-bond acceptors (Lipinski definition) is 3. The zero-order chi connectivity index (χ0) is 14.1. The SMILES string of the molecule is CC1CCc2ccccc2N1CC(=O)c1ccc(Cl)s1. The van der Waals surface area contributed by atoms with Crippen molar-refractivity contribution in [2.24, 2.45) is 0 Å². The summed E-state index contributed by atoms with van der Waals surface area (Å²) in [6, 6.07) is 12.4. The molecule has 2 aromatic rings. The van der Waals surface area contributed by atoms with Crippen LogP contribution in [0.4, 0.5) is 5.69 Å². The van der Waals surface area contributed by atoms with Crippen LogP contribution in [0.3, 0.4) is 0 Å². The zero-order valence-electron chi connectivity index (χ0n) is 11.3. The van der Waals surface area contributed by atoms with E-state index in [0.717, 1.165) is 17.7 Å². The number of aryl methyl sites for hydroxylation is 1. The van der Waals surface area contributed by atoms with Gasteiger partial charge in [0.05, 0.1) is 15.8 Å². The Labute approximate surface area is 128 Å². The van der Waals surface area contributed by atoms with Crippen molar-refractivity contribution in [1.82, 2.24) is 0 Å². The lowest BCUT2D eigenvalue weighted by Gasteiger charge is -2.36. The Morgan fingerprint density at radius 1 is 1.35 bits per heavy atom. The van der Waals surface area contributed by atoms with E-state index in [0.29, 0.717) is 16.9 Å². The summed E-state index contributed by atoms with van der Waals surface area (Å²) in [7, 11) is 0. The second kappa shape index (κ2) is 5.58. The Morgan fingerprint density at radius 2 is 2.15 bits per heavy atom. The number of rotatable bonds is 3. The molecule has 4 heteroatoms. The smallest absolute Gasteiger partial charge is 0.192 e. The van der Waals surface area contributed by atoms with E-state index in [1.54, 1.807) is 6.07 Å². The van der Waals surface area contributed by atoms with Gasteiger partial charge in [0.1, 0.15) is 0 Å². The van der Waals surface area contributed by atoms with Gasteiger partial charge in [-0.1, -0.05) is 29.8 Å². The molecule has 0 radical (unpaired) electrons. The number of para-hydroxylation sites is 1. The molecule has 1 aromatic carbocycles. The van der Waals surface area contributed by atoms with Crippen LogP contribution in [-0.2, 0) is 6.42 Å². The van der Waals surface area contributed by atoms with Gasteiger partial charge in [0.15, 0.2) is 5.78 Å². The summed E-state index contributed by atoms with van der Waals surface area (Å²) in [4.78, 5) is 15.3. The van der Waals surface area contributed by atoms with E-state index in [1.165, 1.54) is 22.6 Å². The predicted molar refractivity (Wildman–Crippen MR) is 85.2 cm³/mol. The van der Waals surface area contributed by atoms with E-state index in [9.17, 15) is 4.79 Å². The summed E-state index contributed by atoms with van der Waals surface area (Å²) in [5, 5.41) is 0. The number of hydrogen-bond donors (Lipinski definition) is 0. The van der Waals surface area contributed by atoms with Gasteiger partial charge in [-0.2, -0.15) is 0 Å². The first-order valence-corrected chi connectivity index (χ1v) is 7.97. The van der Waals surface area contributed by atoms with Crippen molar-refractivity contribution >= 4 is 34.4 Å². The van der Waals surface area contributed by atoms with Crippen molar-refractivity contribution in [1.29, 1.82) is 0 Å². The molecule has 0 amide bonds. The van der Waals surface area contributed by atoms with Crippen molar-refractivity contribution in [2.45, 2.75) is 25.8 Å². The number of carbonyl (C=O) groups excluding carboxylic acids is 1. The molecule has 0 saturated carbocycles. The maximum absolute atomic E-state index is 12.4. The molecule has 0 saturated heterocycles. The van der Waals surface area contributed by atoms with Crippen molar-refractivity contribution in [3.63, 3.8) is 0 Å². The van der Waals surface area contributed by atoms with Crippen LogP contribution >= 0.6 is 22.9 Å². The fraction of sp³-hybridized carbons (Fsp3) is 0.312. The number of carbonyl (C=O) groups is 1. The van der Waals surface area contributed by atoms with Gasteiger partial charge in [-0.05, 0) is 43.5 Å². The van der Waals surface area contributed by atoms with Gasteiger partial charge in [0, 0.05) is 11.7 Å². The van der Waals surface area contributed by atoms with Crippen LogP contribution in [0, 0.1) is 0 Å². The summed E-state index contributed by atoms with van der Waals surface area (Å²) < 4.78 is 0.667. The number of halogens is 1. The quantitative estimate of drug-likeness (QED) is 0.782. The zero-order valence-corrected chi connectivity index (χ0v) is 12.9. The van der Waals surface area contributed by atoms with Gasteiger partial charge in [0.25, 0.3) is 0 Å². The number of nitrogens with zero attached hydrogens (tertiary/aromatic N) is 1. The molecule has 20 heavy (non-hydrogen) atoms. The van der Waals surface area contributed by atoms with Crippen LogP contribution in [0.1, 0.15) is 28.6 Å². The van der Waals surface area contributed by atoms with Crippen LogP contribution in [0.5, 0.6) is 0 Å². The average molecular weight is 306 g/mol. The number of benzene rings is 1. The summed E-state index contributed by atoms with van der Waals surface area (Å²) in [6.45, 7) is 2.61. The van der Waals surface area contributed by atoms with Crippen LogP contribution in [0.15, 0.2) is 36.4 Å². The van der Waals surface area contributed by atoms with Crippen LogP contribution in [0.2, 0.25) is 4.34 Å². The lowest BCUT2D eigenvalue weighted by molar-refractivity contribution is 0.1000. The third-order valence-electron chi connectivity index (χ3n) is 3.83. The van der Waals surface area contributed by atoms with E-state index in [-0.39, 0.29) is 5.78 Å². The minimum Gasteiger partial charge on any atom is -0.361 e. The van der Waals surface area contributed by atoms with E-state index in [1.807, 2.05) is 12.1 Å². The fourth-order valence-electron chi connectivity index (χ4n) is 2.70. The molecular formula is C16H16ClNOS. The molecule has 0 spiro atoms. The molecular weight excluding hydrogens is 290 g/mol. The minimum absolute atomic E-state index is 0.144. The summed E-state index contributed by atoms with van der Waals surface area (Å²) in [5.74, 6) is 0.144. The van der Waals surface area contributed by atoms with Gasteiger partial charge in [-0.25, -0.2) is 0 Å². The minimum atomic E-state index is 0.144. The first kappa shape index (κ1) is 13.7. The Balaban J connectivity index is 1.85. The highest BCUT2D eigenvalue weighted by atomic mass is 35.5. The average Bonchev–Trinajstić information content (AvgIpc) is 2.89. The number of Topliss-reactive ketones (excluding diaryl/α,β-unsaturated/α-hetero) is 1. The molecule has 1 aliphatic heterocycles. The monoisotopic (exact) mass is 305 g/mol. The highest BCUT2D eigenvalue weighted by Crippen LogP contribution is 2.31. The maximum atomic E-state index is 12.4. The number of anilines is 1. The standard InChI is InChI=1S/C16H16ClNOS/c1-11-6-7-12-4-2-3-5-13(12)18(11)10-14(19)15-8-9-16(17)20-15/h2-5,8-9,11H,6-7,10H2,1H3. The molecule has 0 aliphatic carbocycles. The Hall–Kier alpha value is -1.32. The summed E-state index contributed by atoms with van der Waals surface area (Å²) >= 11 is 7.27. The van der Waals surface area contributed by atoms with E-state index in [2.05, 4.69) is 30.0 Å². The van der Waals surface area contributed by atoms with Gasteiger partial charge >= 0.3 is 0 Å². The first-order valence-electron chi connectivity index (χ1n) is 6.78. The number of thiophene rings is 1. The molecule has 1 aromatic heterocycles. The lowest BCUT2D eigenvalue weighted by atomic mass is 9.96. The topological polar surface area (TPSA) is 20.3 Å². The summed E-state index contributed by atoms with van der Waals surface area (Å²) in [5.41, 5.74) is 2.53. The van der Waals surface area contributed by atoms with Crippen molar-refractivity contribution < 1.29 is 4.79 Å². The highest BCUT2D eigenvalue weighted by molar-refractivity contribution is 7.18. The van der Waals surface area contributed by atoms with Crippen molar-refractivity contribution in [2.75, 3.05) is 11.4 Å². The first-order chi connectivity index (χ1) is 9.65. The molecule has 1 unspecified atom stereocenters. The fourth-order valence-corrected chi connectivity index (χ4v) is 3.67. The van der Waals surface area contributed by atoms with Crippen LogP contribution in [-0.4, -0.2) is 18.4 Å². The molecule has 0 bridgehead atoms. The number of fused-ring (bicyclic) bond motifs is 1. The molecule has 0 N–H and O–H groups in total. The third-order valence-corrected chi connectivity index (χ3v) is 5.10. The Morgan fingerprint density at radius 3 is 2.90 bits per heavy atom. The second-order valence-electron chi connectivity index (χ2n) is 5.17. The van der Waals surface area contributed by atoms with Crippen LogP contribution in [0.25, 0.3) is 0 Å². The Kier molecular flexibility index (Phi) is 3.81. The van der Waals surface area contributed by atoms with E-state index in [4.69, 9.17) is 11.6 Å². The molecule has 1 atom stereocenters. The highest BCUT2D eigenvalue weighted by Gasteiger charge is 2.25. The summed E-state index contributed by atoms with van der Waals surface area (Å²) in [6.07, 6.45) is 2.18. The predicted octanol–water partition coefficient (Wildman–Crippen LogP) is 4.43. The Bertz CT molecular complexity index is 637. The van der Waals surface area contributed by atoms with Gasteiger partial charge in [0.2, 0.25) is 0 Å². The maximum Gasteiger partial charge on any atom is 0.192 e. The second-order valence-corrected chi connectivity index (χ2v) is 6.89. The molecule has 0 fully saturated rings. The van der Waals surface area contributed by atoms with Gasteiger partial charge < -0.3 is 4.90 Å². The molecule has 3 rings (SSSR count). The lowest BCUT2D eigenvalue weighted by Crippen LogP contribution is -2.40. The molecule has 1 aliphatic rings. The van der Waals surface area contributed by atoms with Gasteiger partial charge in [-0.3, -0.25) is 4.79 Å². The van der Waals surface area contributed by atoms with Crippen molar-refractivity contribution in [3.8, 4) is 0 Å². The number of ketones is 1.